The number of nitrogens with zero attached hydrogens (tertiary/aromatic N) is 5. The van der Waals surface area contributed by atoms with Crippen molar-refractivity contribution in [3.63, 3.8) is 0 Å². The van der Waals surface area contributed by atoms with Crippen LogP contribution in [0.4, 0.5) is 0 Å². The molecule has 0 aliphatic carbocycles. The predicted molar refractivity (Wildman–Crippen MR) is 124 cm³/mol. The van der Waals surface area contributed by atoms with Gasteiger partial charge in [0.05, 0.1) is 34.0 Å². The fourth-order valence-electron chi connectivity index (χ4n) is 4.25. The van der Waals surface area contributed by atoms with E-state index in [1.54, 1.807) is 33.7 Å². The summed E-state index contributed by atoms with van der Waals surface area (Å²) in [7, 11) is 5.06. The van der Waals surface area contributed by atoms with Crippen LogP contribution < -0.4 is 9.47 Å². The zero-order valence-electron chi connectivity index (χ0n) is 18.7. The Morgan fingerprint density at radius 1 is 1.09 bits per heavy atom. The monoisotopic (exact) mass is 455 g/mol. The van der Waals surface area contributed by atoms with E-state index in [0.29, 0.717) is 24.6 Å². The number of hydrogen-bond acceptors (Lipinski definition) is 7. The van der Waals surface area contributed by atoms with Gasteiger partial charge in [0, 0.05) is 49.3 Å². The van der Waals surface area contributed by atoms with Gasteiger partial charge < -0.3 is 14.2 Å². The number of pyridine rings is 1. The minimum Gasteiger partial charge on any atom is -0.497 e. The molecule has 1 atom stereocenters. The van der Waals surface area contributed by atoms with Crippen molar-refractivity contribution in [2.24, 2.45) is 0 Å². The summed E-state index contributed by atoms with van der Waals surface area (Å²) in [4.78, 5) is 6.53. The molecule has 170 valence electrons. The Hall–Kier alpha value is -2.75. The topological polar surface area (TPSA) is 66.6 Å². The number of ether oxygens (including phenoxy) is 3. The van der Waals surface area contributed by atoms with E-state index in [1.165, 1.54) is 0 Å². The SMILES string of the molecule is COCCn1c(-c2ccncc2)nn(CN2CCCC2c2ccc(OC)cc2OC)c1=S. The minimum absolute atomic E-state index is 0.228. The van der Waals surface area contributed by atoms with Gasteiger partial charge in [0.2, 0.25) is 0 Å². The maximum Gasteiger partial charge on any atom is 0.199 e. The summed E-state index contributed by atoms with van der Waals surface area (Å²) in [6.07, 6.45) is 5.70. The molecular weight excluding hydrogens is 426 g/mol. The number of rotatable bonds is 9. The first-order valence-corrected chi connectivity index (χ1v) is 11.1. The first-order chi connectivity index (χ1) is 15.7. The van der Waals surface area contributed by atoms with Gasteiger partial charge in [-0.3, -0.25) is 14.5 Å². The van der Waals surface area contributed by atoms with Crippen LogP contribution in [0.25, 0.3) is 11.4 Å². The molecule has 32 heavy (non-hydrogen) atoms. The molecule has 0 radical (unpaired) electrons. The molecular formula is C23H29N5O3S. The molecule has 1 fully saturated rings. The fraction of sp³-hybridized carbons (Fsp3) is 0.435. The largest absolute Gasteiger partial charge is 0.497 e. The minimum atomic E-state index is 0.228. The van der Waals surface area contributed by atoms with Gasteiger partial charge in [0.25, 0.3) is 0 Å². The predicted octanol–water partition coefficient (Wildman–Crippen LogP) is 3.93. The summed E-state index contributed by atoms with van der Waals surface area (Å²) in [5.74, 6) is 2.46. The molecule has 3 aromatic rings. The average Bonchev–Trinajstić information content (AvgIpc) is 3.42. The van der Waals surface area contributed by atoms with Crippen LogP contribution in [0.5, 0.6) is 11.5 Å². The van der Waals surface area contributed by atoms with E-state index in [9.17, 15) is 0 Å². The van der Waals surface area contributed by atoms with Crippen LogP contribution in [0, 0.1) is 4.77 Å². The molecule has 3 heterocycles. The van der Waals surface area contributed by atoms with Gasteiger partial charge in [-0.2, -0.15) is 5.10 Å². The third-order valence-corrected chi connectivity index (χ3v) is 6.29. The van der Waals surface area contributed by atoms with Gasteiger partial charge >= 0.3 is 0 Å². The third-order valence-electron chi connectivity index (χ3n) is 5.86. The molecule has 9 heteroatoms. The first kappa shape index (κ1) is 22.4. The van der Waals surface area contributed by atoms with Gasteiger partial charge in [0.1, 0.15) is 11.5 Å². The van der Waals surface area contributed by atoms with E-state index in [1.807, 2.05) is 33.5 Å². The second-order valence-corrected chi connectivity index (χ2v) is 8.07. The molecule has 1 aliphatic rings. The van der Waals surface area contributed by atoms with Crippen molar-refractivity contribution in [1.82, 2.24) is 24.2 Å². The van der Waals surface area contributed by atoms with Crippen molar-refractivity contribution in [2.75, 3.05) is 34.5 Å². The van der Waals surface area contributed by atoms with E-state index in [2.05, 4.69) is 16.0 Å². The Morgan fingerprint density at radius 2 is 1.91 bits per heavy atom. The molecule has 0 spiro atoms. The summed E-state index contributed by atoms with van der Waals surface area (Å²) in [5.41, 5.74) is 2.14. The summed E-state index contributed by atoms with van der Waals surface area (Å²) < 4.78 is 21.0. The summed E-state index contributed by atoms with van der Waals surface area (Å²) in [5, 5.41) is 4.89. The fourth-order valence-corrected chi connectivity index (χ4v) is 4.52. The maximum atomic E-state index is 5.82. The van der Waals surface area contributed by atoms with Gasteiger partial charge in [-0.05, 0) is 43.3 Å². The number of aromatic nitrogens is 4. The lowest BCUT2D eigenvalue weighted by Gasteiger charge is -2.26. The molecule has 2 aromatic heterocycles. The Bertz CT molecular complexity index is 1100. The molecule has 0 amide bonds. The lowest BCUT2D eigenvalue weighted by molar-refractivity contribution is 0.181. The van der Waals surface area contributed by atoms with Crippen LogP contribution in [-0.4, -0.2) is 58.7 Å². The van der Waals surface area contributed by atoms with Crippen molar-refractivity contribution in [2.45, 2.75) is 32.1 Å². The molecule has 8 nitrogen and oxygen atoms in total. The molecule has 1 unspecified atom stereocenters. The lowest BCUT2D eigenvalue weighted by Crippen LogP contribution is -2.27. The van der Waals surface area contributed by atoms with Gasteiger partial charge in [-0.25, -0.2) is 4.68 Å². The summed E-state index contributed by atoms with van der Waals surface area (Å²) >= 11 is 5.82. The average molecular weight is 456 g/mol. The van der Waals surface area contributed by atoms with Crippen molar-refractivity contribution >= 4 is 12.2 Å². The number of likely N-dealkylation sites (tertiary alicyclic amines) is 1. The number of benzene rings is 1. The highest BCUT2D eigenvalue weighted by atomic mass is 32.1. The number of hydrogen-bond donors (Lipinski definition) is 0. The van der Waals surface area contributed by atoms with E-state index in [-0.39, 0.29) is 6.04 Å². The molecule has 4 rings (SSSR count). The lowest BCUT2D eigenvalue weighted by atomic mass is 10.0. The Balaban J connectivity index is 1.65. The van der Waals surface area contributed by atoms with Crippen LogP contribution >= 0.6 is 12.2 Å². The Kier molecular flexibility index (Phi) is 7.19. The highest BCUT2D eigenvalue weighted by molar-refractivity contribution is 7.71. The van der Waals surface area contributed by atoms with E-state index in [0.717, 1.165) is 47.8 Å². The Labute approximate surface area is 193 Å². The van der Waals surface area contributed by atoms with E-state index < -0.39 is 0 Å². The quantitative estimate of drug-likeness (QED) is 0.453. The molecule has 1 aromatic carbocycles. The highest BCUT2D eigenvalue weighted by Crippen LogP contribution is 2.39. The van der Waals surface area contributed by atoms with Crippen LogP contribution in [0.3, 0.4) is 0 Å². The van der Waals surface area contributed by atoms with Crippen LogP contribution in [0.2, 0.25) is 0 Å². The Morgan fingerprint density at radius 3 is 2.62 bits per heavy atom. The van der Waals surface area contributed by atoms with Crippen LogP contribution in [-0.2, 0) is 18.0 Å². The second kappa shape index (κ2) is 10.2. The van der Waals surface area contributed by atoms with Crippen molar-refractivity contribution in [3.8, 4) is 22.9 Å². The molecule has 1 saturated heterocycles. The summed E-state index contributed by atoms with van der Waals surface area (Å²) in [6.45, 7) is 2.78. The van der Waals surface area contributed by atoms with Crippen molar-refractivity contribution in [1.29, 1.82) is 0 Å². The van der Waals surface area contributed by atoms with Gasteiger partial charge in [0.15, 0.2) is 10.6 Å². The normalized spacial score (nSPS) is 16.4. The van der Waals surface area contributed by atoms with Gasteiger partial charge in [-0.15, -0.1) is 0 Å². The molecule has 1 aliphatic heterocycles. The summed E-state index contributed by atoms with van der Waals surface area (Å²) in [6, 6.07) is 10.2. The third kappa shape index (κ3) is 4.55. The van der Waals surface area contributed by atoms with E-state index in [4.69, 9.17) is 31.5 Å². The van der Waals surface area contributed by atoms with Crippen molar-refractivity contribution in [3.05, 3.63) is 53.1 Å². The zero-order chi connectivity index (χ0) is 22.5. The first-order valence-electron chi connectivity index (χ1n) is 10.7. The zero-order valence-corrected chi connectivity index (χ0v) is 19.5. The van der Waals surface area contributed by atoms with E-state index >= 15 is 0 Å². The van der Waals surface area contributed by atoms with Gasteiger partial charge in [-0.1, -0.05) is 6.07 Å². The molecule has 0 N–H and O–H groups in total. The number of methoxy groups -OCH3 is 3. The standard InChI is InChI=1S/C23H29N5O3S/c1-29-14-13-27-22(17-8-10-24-11-9-17)25-28(23(27)32)16-26-12-4-5-20(26)19-7-6-18(30-2)15-21(19)31-3/h6-11,15,20H,4-5,12-14,16H2,1-3H3. The highest BCUT2D eigenvalue weighted by Gasteiger charge is 2.29. The molecule has 0 bridgehead atoms. The molecule has 0 saturated carbocycles. The van der Waals surface area contributed by atoms with Crippen LogP contribution in [0.1, 0.15) is 24.4 Å². The smallest absolute Gasteiger partial charge is 0.199 e. The van der Waals surface area contributed by atoms with Crippen molar-refractivity contribution < 1.29 is 14.2 Å². The van der Waals surface area contributed by atoms with Crippen LogP contribution in [0.15, 0.2) is 42.7 Å². The maximum absolute atomic E-state index is 5.82. The second-order valence-electron chi connectivity index (χ2n) is 7.71.